The van der Waals surface area contributed by atoms with Gasteiger partial charge in [0, 0.05) is 28.8 Å². The molecule has 0 unspecified atom stereocenters. The minimum Gasteiger partial charge on any atom is -0.322 e. The van der Waals surface area contributed by atoms with Gasteiger partial charge in [0.1, 0.15) is 0 Å². The summed E-state index contributed by atoms with van der Waals surface area (Å²) in [5.74, 6) is -0.400. The summed E-state index contributed by atoms with van der Waals surface area (Å²) in [6, 6.07) is 19.8. The Bertz CT molecular complexity index is 1150. The lowest BCUT2D eigenvalue weighted by molar-refractivity contribution is 0.102. The Kier molecular flexibility index (Phi) is 5.22. The molecule has 0 aliphatic rings. The number of carbonyl (C=O) groups excluding carboxylic acids is 2. The molecule has 4 aromatic rings. The molecule has 2 amide bonds. The fourth-order valence-electron chi connectivity index (χ4n) is 2.87. The van der Waals surface area contributed by atoms with E-state index in [4.69, 9.17) is 0 Å². The highest BCUT2D eigenvalue weighted by molar-refractivity contribution is 7.12. The molecule has 2 aromatic carbocycles. The van der Waals surface area contributed by atoms with Crippen LogP contribution in [0.3, 0.4) is 0 Å². The molecule has 0 bridgehead atoms. The van der Waals surface area contributed by atoms with E-state index < -0.39 is 0 Å². The summed E-state index contributed by atoms with van der Waals surface area (Å²) < 4.78 is 1.81. The van der Waals surface area contributed by atoms with Crippen molar-refractivity contribution in [3.05, 3.63) is 94.4 Å². The van der Waals surface area contributed by atoms with Crippen molar-refractivity contribution >= 4 is 34.5 Å². The highest BCUT2D eigenvalue weighted by atomic mass is 32.1. The van der Waals surface area contributed by atoms with Crippen LogP contribution < -0.4 is 10.6 Å². The van der Waals surface area contributed by atoms with E-state index in [0.717, 1.165) is 11.4 Å². The van der Waals surface area contributed by atoms with E-state index in [9.17, 15) is 9.59 Å². The van der Waals surface area contributed by atoms with Crippen molar-refractivity contribution in [2.45, 2.75) is 6.92 Å². The Hall–Kier alpha value is -3.71. The number of rotatable bonds is 5. The number of nitrogens with zero attached hydrogens (tertiary/aromatic N) is 2. The predicted molar refractivity (Wildman–Crippen MR) is 115 cm³/mol. The molecule has 0 aliphatic carbocycles. The molecular weight excluding hydrogens is 384 g/mol. The number of aryl methyl sites for hydroxylation is 1. The maximum atomic E-state index is 12.6. The average Bonchev–Trinajstić information content (AvgIpc) is 3.40. The van der Waals surface area contributed by atoms with Gasteiger partial charge in [-0.15, -0.1) is 11.3 Å². The standard InChI is InChI=1S/C22H18N4O2S/c1-15-11-12-23-26(15)19-9-7-16(8-10-19)21(27)24-17-4-2-5-18(14-17)25-22(28)20-6-3-13-29-20/h2-14H,1H3,(H,24,27)(H,25,28). The average molecular weight is 402 g/mol. The number of benzene rings is 2. The van der Waals surface area contributed by atoms with Crippen LogP contribution in [0.25, 0.3) is 5.69 Å². The van der Waals surface area contributed by atoms with Gasteiger partial charge in [-0.1, -0.05) is 12.1 Å². The number of carbonyl (C=O) groups is 2. The van der Waals surface area contributed by atoms with Gasteiger partial charge in [-0.25, -0.2) is 4.68 Å². The van der Waals surface area contributed by atoms with Crippen molar-refractivity contribution in [3.8, 4) is 5.69 Å². The third-order valence-corrected chi connectivity index (χ3v) is 5.20. The smallest absolute Gasteiger partial charge is 0.265 e. The lowest BCUT2D eigenvalue weighted by Gasteiger charge is -2.09. The number of hydrogen-bond donors (Lipinski definition) is 2. The molecule has 6 nitrogen and oxygen atoms in total. The molecular formula is C22H18N4O2S. The van der Waals surface area contributed by atoms with Crippen LogP contribution in [0.4, 0.5) is 11.4 Å². The van der Waals surface area contributed by atoms with Crippen molar-refractivity contribution < 1.29 is 9.59 Å². The molecule has 0 radical (unpaired) electrons. The van der Waals surface area contributed by atoms with E-state index in [1.54, 1.807) is 53.3 Å². The van der Waals surface area contributed by atoms with Gasteiger partial charge in [-0.3, -0.25) is 9.59 Å². The summed E-state index contributed by atoms with van der Waals surface area (Å²) in [4.78, 5) is 25.4. The Balaban J connectivity index is 1.44. The van der Waals surface area contributed by atoms with Crippen molar-refractivity contribution in [2.75, 3.05) is 10.6 Å². The Labute approximate surface area is 171 Å². The monoisotopic (exact) mass is 402 g/mol. The zero-order valence-electron chi connectivity index (χ0n) is 15.6. The van der Waals surface area contributed by atoms with Crippen LogP contribution >= 0.6 is 11.3 Å². The molecule has 144 valence electrons. The lowest BCUT2D eigenvalue weighted by Crippen LogP contribution is -2.13. The van der Waals surface area contributed by atoms with Gasteiger partial charge in [0.05, 0.1) is 10.6 Å². The van der Waals surface area contributed by atoms with E-state index >= 15 is 0 Å². The second-order valence-electron chi connectivity index (χ2n) is 6.40. The van der Waals surface area contributed by atoms with Crippen LogP contribution in [0.1, 0.15) is 25.7 Å². The molecule has 2 N–H and O–H groups in total. The Morgan fingerprint density at radius 3 is 2.24 bits per heavy atom. The zero-order chi connectivity index (χ0) is 20.2. The first-order valence-electron chi connectivity index (χ1n) is 8.97. The third kappa shape index (κ3) is 4.25. The second kappa shape index (κ2) is 8.12. The van der Waals surface area contributed by atoms with Gasteiger partial charge < -0.3 is 10.6 Å². The SMILES string of the molecule is Cc1ccnn1-c1ccc(C(=O)Nc2cccc(NC(=O)c3cccs3)c2)cc1. The summed E-state index contributed by atoms with van der Waals surface area (Å²) >= 11 is 1.38. The quantitative estimate of drug-likeness (QED) is 0.506. The lowest BCUT2D eigenvalue weighted by atomic mass is 10.2. The summed E-state index contributed by atoms with van der Waals surface area (Å²) in [5.41, 5.74) is 3.66. The summed E-state index contributed by atoms with van der Waals surface area (Å²) in [6.45, 7) is 1.97. The minimum absolute atomic E-state index is 0.173. The van der Waals surface area contributed by atoms with Gasteiger partial charge >= 0.3 is 0 Å². The van der Waals surface area contributed by atoms with Crippen LogP contribution in [-0.4, -0.2) is 21.6 Å². The number of amides is 2. The maximum absolute atomic E-state index is 12.6. The Morgan fingerprint density at radius 1 is 0.897 bits per heavy atom. The summed E-state index contributed by atoms with van der Waals surface area (Å²) in [7, 11) is 0. The van der Waals surface area contributed by atoms with E-state index in [0.29, 0.717) is 21.8 Å². The normalized spacial score (nSPS) is 10.5. The second-order valence-corrected chi connectivity index (χ2v) is 7.35. The van der Waals surface area contributed by atoms with Gasteiger partial charge in [0.25, 0.3) is 11.8 Å². The summed E-state index contributed by atoms with van der Waals surface area (Å²) in [5, 5.41) is 11.8. The molecule has 2 aromatic heterocycles. The topological polar surface area (TPSA) is 76.0 Å². The molecule has 4 rings (SSSR count). The molecule has 0 saturated heterocycles. The van der Waals surface area contributed by atoms with Crippen LogP contribution in [0.15, 0.2) is 78.3 Å². The molecule has 0 fully saturated rings. The molecule has 0 spiro atoms. The Morgan fingerprint density at radius 2 is 1.62 bits per heavy atom. The first-order chi connectivity index (χ1) is 14.1. The number of aromatic nitrogens is 2. The molecule has 29 heavy (non-hydrogen) atoms. The zero-order valence-corrected chi connectivity index (χ0v) is 16.4. The van der Waals surface area contributed by atoms with E-state index in [1.807, 2.05) is 36.6 Å². The van der Waals surface area contributed by atoms with Crippen LogP contribution in [0.5, 0.6) is 0 Å². The predicted octanol–water partition coefficient (Wildman–Crippen LogP) is 4.75. The first-order valence-corrected chi connectivity index (χ1v) is 9.85. The van der Waals surface area contributed by atoms with E-state index in [1.165, 1.54) is 11.3 Å². The van der Waals surface area contributed by atoms with Crippen molar-refractivity contribution in [1.82, 2.24) is 9.78 Å². The first kappa shape index (κ1) is 18.6. The van der Waals surface area contributed by atoms with Gasteiger partial charge in [0.15, 0.2) is 0 Å². The van der Waals surface area contributed by atoms with Crippen molar-refractivity contribution in [3.63, 3.8) is 0 Å². The van der Waals surface area contributed by atoms with Gasteiger partial charge in [-0.05, 0) is 66.9 Å². The number of nitrogens with one attached hydrogen (secondary N) is 2. The minimum atomic E-state index is -0.226. The van der Waals surface area contributed by atoms with Crippen molar-refractivity contribution in [1.29, 1.82) is 0 Å². The molecule has 0 saturated carbocycles. The highest BCUT2D eigenvalue weighted by Crippen LogP contribution is 2.19. The fraction of sp³-hybridized carbons (Fsp3) is 0.0455. The maximum Gasteiger partial charge on any atom is 0.265 e. The molecule has 7 heteroatoms. The number of anilines is 2. The van der Waals surface area contributed by atoms with E-state index in [-0.39, 0.29) is 11.8 Å². The summed E-state index contributed by atoms with van der Waals surface area (Å²) in [6.07, 6.45) is 1.74. The third-order valence-electron chi connectivity index (χ3n) is 4.33. The van der Waals surface area contributed by atoms with Gasteiger partial charge in [-0.2, -0.15) is 5.10 Å². The van der Waals surface area contributed by atoms with Crippen LogP contribution in [0.2, 0.25) is 0 Å². The van der Waals surface area contributed by atoms with Gasteiger partial charge in [0.2, 0.25) is 0 Å². The molecule has 0 aliphatic heterocycles. The van der Waals surface area contributed by atoms with Crippen LogP contribution in [0, 0.1) is 6.92 Å². The largest absolute Gasteiger partial charge is 0.322 e. The highest BCUT2D eigenvalue weighted by Gasteiger charge is 2.10. The number of thiophene rings is 1. The van der Waals surface area contributed by atoms with Crippen molar-refractivity contribution in [2.24, 2.45) is 0 Å². The van der Waals surface area contributed by atoms with E-state index in [2.05, 4.69) is 15.7 Å². The molecule has 2 heterocycles. The molecule has 0 atom stereocenters. The number of hydrogen-bond acceptors (Lipinski definition) is 4. The fourth-order valence-corrected chi connectivity index (χ4v) is 3.49. The van der Waals surface area contributed by atoms with Crippen LogP contribution in [-0.2, 0) is 0 Å².